The van der Waals surface area contributed by atoms with Gasteiger partial charge < -0.3 is 24.3 Å². The highest BCUT2D eigenvalue weighted by Crippen LogP contribution is 2.30. The maximum absolute atomic E-state index is 9.71. The molecule has 2 aromatic rings. The Balaban J connectivity index is 1.57. The lowest BCUT2D eigenvalue weighted by atomic mass is 10.1. The molecule has 21 heavy (non-hydrogen) atoms. The Hall–Kier alpha value is -0.610. The molecule has 2 N–H and O–H groups in total. The van der Waals surface area contributed by atoms with Crippen LogP contribution in [0.3, 0.4) is 0 Å². The summed E-state index contributed by atoms with van der Waals surface area (Å²) < 4.78 is 17.8. The number of fused-ring (bicyclic) bond motifs is 2. The summed E-state index contributed by atoms with van der Waals surface area (Å²) in [5, 5.41) is 10.4. The van der Waals surface area contributed by atoms with Gasteiger partial charge in [-0.3, -0.25) is 0 Å². The zero-order chi connectivity index (χ0) is 14.6. The van der Waals surface area contributed by atoms with Crippen LogP contribution >= 0.6 is 34.2 Å². The van der Waals surface area contributed by atoms with Crippen LogP contribution in [-0.4, -0.2) is 52.7 Å². The minimum atomic E-state index is -0.584. The van der Waals surface area contributed by atoms with Gasteiger partial charge in [-0.2, -0.15) is 4.98 Å². The van der Waals surface area contributed by atoms with Crippen molar-refractivity contribution in [3.8, 4) is 6.01 Å². The molecule has 1 aromatic heterocycles. The third-order valence-corrected chi connectivity index (χ3v) is 5.27. The van der Waals surface area contributed by atoms with Gasteiger partial charge in [-0.1, -0.05) is 11.6 Å². The molecule has 0 bridgehead atoms. The van der Waals surface area contributed by atoms with E-state index in [1.807, 2.05) is 12.1 Å². The van der Waals surface area contributed by atoms with Gasteiger partial charge in [0.15, 0.2) is 6.10 Å². The third kappa shape index (κ3) is 2.40. The number of imidazole rings is 1. The van der Waals surface area contributed by atoms with Gasteiger partial charge in [0.2, 0.25) is 0 Å². The molecular formula is C13H12ClIN2O4. The second kappa shape index (κ2) is 5.24. The average molecular weight is 423 g/mol. The number of ether oxygens (including phenoxy) is 3. The van der Waals surface area contributed by atoms with Crippen LogP contribution in [0, 0.1) is 3.57 Å². The van der Waals surface area contributed by atoms with E-state index >= 15 is 0 Å². The molecule has 6 nitrogen and oxygen atoms in total. The molecule has 0 saturated carbocycles. The summed E-state index contributed by atoms with van der Waals surface area (Å²) in [4.78, 5) is 7.48. The van der Waals surface area contributed by atoms with E-state index < -0.39 is 6.10 Å². The highest BCUT2D eigenvalue weighted by molar-refractivity contribution is 14.1. The first-order valence-corrected chi connectivity index (χ1v) is 8.00. The van der Waals surface area contributed by atoms with E-state index in [9.17, 15) is 5.11 Å². The fourth-order valence-electron chi connectivity index (χ4n) is 2.73. The van der Waals surface area contributed by atoms with Gasteiger partial charge in [0.1, 0.15) is 18.3 Å². The van der Waals surface area contributed by atoms with Crippen molar-refractivity contribution >= 4 is 45.2 Å². The van der Waals surface area contributed by atoms with Gasteiger partial charge >= 0.3 is 0 Å². The first-order valence-electron chi connectivity index (χ1n) is 6.54. The fourth-order valence-corrected chi connectivity index (χ4v) is 3.34. The van der Waals surface area contributed by atoms with Crippen molar-refractivity contribution in [1.82, 2.24) is 9.97 Å². The second-order valence-corrected chi connectivity index (χ2v) is 6.71. The topological polar surface area (TPSA) is 76.6 Å². The number of benzene rings is 1. The van der Waals surface area contributed by atoms with Crippen molar-refractivity contribution in [3.63, 3.8) is 0 Å². The zero-order valence-electron chi connectivity index (χ0n) is 10.8. The number of aliphatic hydroxyl groups excluding tert-OH is 1. The molecule has 0 spiro atoms. The van der Waals surface area contributed by atoms with Gasteiger partial charge in [-0.25, -0.2) is 0 Å². The van der Waals surface area contributed by atoms with Gasteiger partial charge in [0.25, 0.3) is 6.01 Å². The number of nitrogens with one attached hydrogen (secondary N) is 1. The van der Waals surface area contributed by atoms with E-state index in [0.717, 1.165) is 14.6 Å². The second-order valence-electron chi connectivity index (χ2n) is 5.14. The number of aliphatic hydroxyl groups is 1. The monoisotopic (exact) mass is 422 g/mol. The molecular weight excluding hydrogens is 411 g/mol. The van der Waals surface area contributed by atoms with Crippen LogP contribution in [0.15, 0.2) is 12.1 Å². The SMILES string of the molecule is O[C@@H]1COC2[C@H](Oc3nc4cc(I)c(Cl)cc4[nH]3)CO[C@@H]21. The lowest BCUT2D eigenvalue weighted by molar-refractivity contribution is 0.00706. The fraction of sp³-hybridized carbons (Fsp3) is 0.462. The summed E-state index contributed by atoms with van der Waals surface area (Å²) in [5.41, 5.74) is 1.61. The number of hydrogen-bond donors (Lipinski definition) is 2. The van der Waals surface area contributed by atoms with Crippen LogP contribution in [-0.2, 0) is 9.47 Å². The van der Waals surface area contributed by atoms with E-state index in [1.165, 1.54) is 0 Å². The van der Waals surface area contributed by atoms with Crippen LogP contribution in [0.5, 0.6) is 6.01 Å². The Morgan fingerprint density at radius 2 is 2.14 bits per heavy atom. The molecule has 0 amide bonds. The van der Waals surface area contributed by atoms with Gasteiger partial charge in [0.05, 0.1) is 29.3 Å². The Labute approximate surface area is 138 Å². The highest BCUT2D eigenvalue weighted by atomic mass is 127. The summed E-state index contributed by atoms with van der Waals surface area (Å²) in [6.45, 7) is 0.658. The van der Waals surface area contributed by atoms with Crippen molar-refractivity contribution in [3.05, 3.63) is 20.7 Å². The summed E-state index contributed by atoms with van der Waals surface area (Å²) in [5.74, 6) is 0. The van der Waals surface area contributed by atoms with E-state index in [2.05, 4.69) is 32.6 Å². The van der Waals surface area contributed by atoms with Crippen molar-refractivity contribution in [1.29, 1.82) is 0 Å². The molecule has 1 aromatic carbocycles. The third-order valence-electron chi connectivity index (χ3n) is 3.75. The van der Waals surface area contributed by atoms with E-state index in [4.69, 9.17) is 25.8 Å². The molecule has 2 aliphatic heterocycles. The number of nitrogens with zero attached hydrogens (tertiary/aromatic N) is 1. The summed E-state index contributed by atoms with van der Waals surface area (Å²) >= 11 is 8.25. The van der Waals surface area contributed by atoms with E-state index in [0.29, 0.717) is 17.6 Å². The Morgan fingerprint density at radius 1 is 1.33 bits per heavy atom. The lowest BCUT2D eigenvalue weighted by Crippen LogP contribution is -2.34. The van der Waals surface area contributed by atoms with Crippen molar-refractivity contribution in [2.75, 3.05) is 13.2 Å². The van der Waals surface area contributed by atoms with Crippen LogP contribution < -0.4 is 4.74 Å². The number of halogens is 2. The summed E-state index contributed by atoms with van der Waals surface area (Å²) in [7, 11) is 0. The van der Waals surface area contributed by atoms with Gasteiger partial charge in [-0.05, 0) is 34.7 Å². The zero-order valence-corrected chi connectivity index (χ0v) is 13.7. The number of aromatic amines is 1. The summed E-state index contributed by atoms with van der Waals surface area (Å²) in [6.07, 6.45) is -1.42. The van der Waals surface area contributed by atoms with Crippen LogP contribution in [0.4, 0.5) is 0 Å². The predicted octanol–water partition coefficient (Wildman–Crippen LogP) is 1.73. The molecule has 2 aliphatic rings. The minimum Gasteiger partial charge on any atom is -0.456 e. The average Bonchev–Trinajstić information content (AvgIpc) is 3.10. The summed E-state index contributed by atoms with van der Waals surface area (Å²) in [6, 6.07) is 4.12. The molecule has 2 saturated heterocycles. The maximum Gasteiger partial charge on any atom is 0.295 e. The molecule has 4 rings (SSSR count). The van der Waals surface area contributed by atoms with Crippen molar-refractivity contribution in [2.45, 2.75) is 24.4 Å². The number of aromatic nitrogens is 2. The van der Waals surface area contributed by atoms with E-state index in [1.54, 1.807) is 0 Å². The van der Waals surface area contributed by atoms with Gasteiger partial charge in [0, 0.05) is 3.57 Å². The number of hydrogen-bond acceptors (Lipinski definition) is 5. The molecule has 1 unspecified atom stereocenters. The number of H-pyrrole nitrogens is 1. The highest BCUT2D eigenvalue weighted by Gasteiger charge is 2.48. The molecule has 0 aliphatic carbocycles. The number of rotatable bonds is 2. The predicted molar refractivity (Wildman–Crippen MR) is 83.7 cm³/mol. The lowest BCUT2D eigenvalue weighted by Gasteiger charge is -2.15. The van der Waals surface area contributed by atoms with Crippen molar-refractivity contribution < 1.29 is 19.3 Å². The van der Waals surface area contributed by atoms with Gasteiger partial charge in [-0.15, -0.1) is 0 Å². The quantitative estimate of drug-likeness (QED) is 0.721. The first kappa shape index (κ1) is 14.0. The van der Waals surface area contributed by atoms with Crippen molar-refractivity contribution in [2.24, 2.45) is 0 Å². The normalized spacial score (nSPS) is 31.8. The standard InChI is InChI=1S/C13H12ClIN2O4/c14-5-1-7-8(2-6(5)15)17-13(16-7)21-10-4-20-11-9(18)3-19-12(10)11/h1-2,9-12,18H,3-4H2,(H,16,17)/t9-,10-,11-,12?/m1/s1. The molecule has 4 atom stereocenters. The van der Waals surface area contributed by atoms with E-state index in [-0.39, 0.29) is 24.9 Å². The molecule has 0 radical (unpaired) electrons. The smallest absolute Gasteiger partial charge is 0.295 e. The van der Waals surface area contributed by atoms with Crippen LogP contribution in [0.2, 0.25) is 5.02 Å². The largest absolute Gasteiger partial charge is 0.456 e. The molecule has 112 valence electrons. The Bertz CT molecular complexity index is 655. The molecule has 3 heterocycles. The maximum atomic E-state index is 9.71. The molecule has 8 heteroatoms. The Kier molecular flexibility index (Phi) is 3.49. The minimum absolute atomic E-state index is 0.253. The van der Waals surface area contributed by atoms with Crippen LogP contribution in [0.1, 0.15) is 0 Å². The first-order chi connectivity index (χ1) is 10.1. The van der Waals surface area contributed by atoms with Crippen LogP contribution in [0.25, 0.3) is 11.0 Å². The Morgan fingerprint density at radius 3 is 3.00 bits per heavy atom. The molecule has 2 fully saturated rings.